The minimum absolute atomic E-state index is 0.0465. The van der Waals surface area contributed by atoms with E-state index in [-0.39, 0.29) is 12.1 Å². The van der Waals surface area contributed by atoms with Crippen molar-refractivity contribution in [1.82, 2.24) is 0 Å². The molecule has 0 spiro atoms. The zero-order chi connectivity index (χ0) is 10.7. The maximum absolute atomic E-state index is 10.5. The molecule has 1 aromatic rings. The second-order valence-corrected chi connectivity index (χ2v) is 3.97. The summed E-state index contributed by atoms with van der Waals surface area (Å²) >= 11 is 2.03. The lowest BCUT2D eigenvalue weighted by Gasteiger charge is -2.03. The zero-order valence-corrected chi connectivity index (χ0v) is 9.61. The molecule has 14 heavy (non-hydrogen) atoms. The lowest BCUT2D eigenvalue weighted by molar-refractivity contribution is -0.385. The van der Waals surface area contributed by atoms with Gasteiger partial charge in [-0.1, -0.05) is 0 Å². The average Bonchev–Trinajstić information content (AvgIpc) is 2.12. The number of non-ortho nitro benzene ring substituents is 1. The smallest absolute Gasteiger partial charge is 0.258 e. The molecule has 0 amide bonds. The fourth-order valence-corrected chi connectivity index (χ4v) is 1.76. The minimum atomic E-state index is -0.442. The van der Waals surface area contributed by atoms with Crippen molar-refractivity contribution < 1.29 is 4.92 Å². The number of halogens is 1. The molecule has 1 rings (SSSR count). The minimum Gasteiger partial charge on any atom is -0.258 e. The van der Waals surface area contributed by atoms with Gasteiger partial charge in [-0.05, 0) is 40.6 Å². The molecule has 4 nitrogen and oxygen atoms in total. The Kier molecular flexibility index (Phi) is 3.41. The van der Waals surface area contributed by atoms with Crippen molar-refractivity contribution in [3.63, 3.8) is 0 Å². The number of nitrogens with zero attached hydrogens (tertiary/aromatic N) is 2. The summed E-state index contributed by atoms with van der Waals surface area (Å²) in [5.41, 5.74) is 1.72. The van der Waals surface area contributed by atoms with Gasteiger partial charge in [0.1, 0.15) is 0 Å². The van der Waals surface area contributed by atoms with E-state index in [0.717, 1.165) is 14.7 Å². The Hall–Kier alpha value is -1.16. The van der Waals surface area contributed by atoms with Gasteiger partial charge >= 0.3 is 0 Å². The predicted molar refractivity (Wildman–Crippen MR) is 59.9 cm³/mol. The molecule has 0 saturated carbocycles. The van der Waals surface area contributed by atoms with Crippen LogP contribution in [0.25, 0.3) is 0 Å². The van der Waals surface area contributed by atoms with Gasteiger partial charge in [-0.15, -0.1) is 0 Å². The SMILES string of the molecule is Cc1c(I)cc([N+](=O)[O-])cc1CC#N. The van der Waals surface area contributed by atoms with E-state index in [1.54, 1.807) is 0 Å². The Bertz CT molecular complexity index is 424. The average molecular weight is 302 g/mol. The van der Waals surface area contributed by atoms with Gasteiger partial charge in [-0.2, -0.15) is 5.26 Å². The van der Waals surface area contributed by atoms with E-state index in [9.17, 15) is 10.1 Å². The maximum Gasteiger partial charge on any atom is 0.270 e. The number of hydrogen-bond donors (Lipinski definition) is 0. The lowest BCUT2D eigenvalue weighted by Crippen LogP contribution is -1.96. The number of nitro groups is 1. The van der Waals surface area contributed by atoms with Crippen LogP contribution in [0.1, 0.15) is 11.1 Å². The highest BCUT2D eigenvalue weighted by molar-refractivity contribution is 14.1. The first kappa shape index (κ1) is 10.9. The first-order valence-corrected chi connectivity index (χ1v) is 4.94. The molecule has 0 atom stereocenters. The molecule has 5 heteroatoms. The standard InChI is InChI=1S/C9H7IN2O2/c1-6-7(2-3-11)4-8(12(13)14)5-9(6)10/h4-5H,2H2,1H3. The number of hydrogen-bond acceptors (Lipinski definition) is 3. The van der Waals surface area contributed by atoms with Crippen LogP contribution in [0.3, 0.4) is 0 Å². The van der Waals surface area contributed by atoms with Gasteiger partial charge in [-0.3, -0.25) is 10.1 Å². The Labute approximate surface area is 94.8 Å². The van der Waals surface area contributed by atoms with Crippen LogP contribution in [0.5, 0.6) is 0 Å². The van der Waals surface area contributed by atoms with E-state index in [2.05, 4.69) is 0 Å². The van der Waals surface area contributed by atoms with Crippen LogP contribution >= 0.6 is 22.6 Å². The van der Waals surface area contributed by atoms with Crippen LogP contribution in [-0.4, -0.2) is 4.92 Å². The normalized spacial score (nSPS) is 9.50. The molecule has 0 aromatic heterocycles. The van der Waals surface area contributed by atoms with Crippen LogP contribution in [0, 0.1) is 31.9 Å². The summed E-state index contributed by atoms with van der Waals surface area (Å²) in [6.07, 6.45) is 0.212. The van der Waals surface area contributed by atoms with Crippen molar-refractivity contribution in [3.05, 3.63) is 36.9 Å². The van der Waals surface area contributed by atoms with E-state index >= 15 is 0 Å². The highest BCUT2D eigenvalue weighted by atomic mass is 127. The molecule has 0 aliphatic heterocycles. The molecule has 0 radical (unpaired) electrons. The molecule has 0 heterocycles. The molecule has 0 unspecified atom stereocenters. The molecule has 0 bridgehead atoms. The highest BCUT2D eigenvalue weighted by Crippen LogP contribution is 2.23. The highest BCUT2D eigenvalue weighted by Gasteiger charge is 2.11. The molecule has 1 aromatic carbocycles. The van der Waals surface area contributed by atoms with Crippen molar-refractivity contribution in [1.29, 1.82) is 5.26 Å². The van der Waals surface area contributed by atoms with Gasteiger partial charge in [0.15, 0.2) is 0 Å². The Morgan fingerprint density at radius 1 is 1.64 bits per heavy atom. The topological polar surface area (TPSA) is 66.9 Å². The molecular formula is C9H7IN2O2. The third-order valence-corrected chi connectivity index (χ3v) is 3.04. The van der Waals surface area contributed by atoms with Crippen LogP contribution in [-0.2, 0) is 6.42 Å². The first-order valence-electron chi connectivity index (χ1n) is 3.86. The Balaban J connectivity index is 3.29. The molecular weight excluding hydrogens is 295 g/mol. The fourth-order valence-electron chi connectivity index (χ4n) is 1.09. The van der Waals surface area contributed by atoms with Gasteiger partial charge < -0.3 is 0 Å². The second-order valence-electron chi connectivity index (χ2n) is 2.80. The molecule has 0 N–H and O–H groups in total. The molecule has 0 fully saturated rings. The number of nitriles is 1. The summed E-state index contributed by atoms with van der Waals surface area (Å²) in [4.78, 5) is 10.1. The zero-order valence-electron chi connectivity index (χ0n) is 7.45. The van der Waals surface area contributed by atoms with Gasteiger partial charge in [0, 0.05) is 15.7 Å². The predicted octanol–water partition coefficient (Wildman–Crippen LogP) is 2.57. The molecule has 72 valence electrons. The lowest BCUT2D eigenvalue weighted by atomic mass is 10.1. The molecule has 0 aliphatic rings. The second kappa shape index (κ2) is 4.37. The summed E-state index contributed by atoms with van der Waals surface area (Å²) in [5.74, 6) is 0. The quantitative estimate of drug-likeness (QED) is 0.479. The molecule has 0 aliphatic carbocycles. The summed E-state index contributed by atoms with van der Waals surface area (Å²) in [5, 5.41) is 19.1. The van der Waals surface area contributed by atoms with Crippen molar-refractivity contribution in [2.24, 2.45) is 0 Å². The van der Waals surface area contributed by atoms with E-state index in [0.29, 0.717) is 0 Å². The number of benzene rings is 1. The van der Waals surface area contributed by atoms with Crippen LogP contribution in [0.4, 0.5) is 5.69 Å². The van der Waals surface area contributed by atoms with Crippen molar-refractivity contribution >= 4 is 28.3 Å². The molecule has 0 saturated heterocycles. The summed E-state index contributed by atoms with van der Waals surface area (Å²) < 4.78 is 0.821. The first-order chi connectivity index (χ1) is 6.56. The van der Waals surface area contributed by atoms with E-state index in [1.165, 1.54) is 12.1 Å². The van der Waals surface area contributed by atoms with Crippen LogP contribution in [0.2, 0.25) is 0 Å². The summed E-state index contributed by atoms with van der Waals surface area (Å²) in [6, 6.07) is 4.96. The third-order valence-electron chi connectivity index (χ3n) is 1.92. The van der Waals surface area contributed by atoms with E-state index < -0.39 is 4.92 Å². The fraction of sp³-hybridized carbons (Fsp3) is 0.222. The van der Waals surface area contributed by atoms with Gasteiger partial charge in [0.2, 0.25) is 0 Å². The maximum atomic E-state index is 10.5. The number of rotatable bonds is 2. The van der Waals surface area contributed by atoms with Gasteiger partial charge in [0.25, 0.3) is 5.69 Å². The summed E-state index contributed by atoms with van der Waals surface area (Å²) in [6.45, 7) is 1.86. The van der Waals surface area contributed by atoms with Crippen LogP contribution in [0.15, 0.2) is 12.1 Å². The Morgan fingerprint density at radius 2 is 2.29 bits per heavy atom. The van der Waals surface area contributed by atoms with Crippen molar-refractivity contribution in [2.75, 3.05) is 0 Å². The van der Waals surface area contributed by atoms with Crippen molar-refractivity contribution in [3.8, 4) is 6.07 Å². The largest absolute Gasteiger partial charge is 0.270 e. The van der Waals surface area contributed by atoms with E-state index in [1.807, 2.05) is 35.6 Å². The monoisotopic (exact) mass is 302 g/mol. The Morgan fingerprint density at radius 3 is 2.79 bits per heavy atom. The van der Waals surface area contributed by atoms with Gasteiger partial charge in [-0.25, -0.2) is 0 Å². The van der Waals surface area contributed by atoms with E-state index in [4.69, 9.17) is 5.26 Å². The van der Waals surface area contributed by atoms with Crippen molar-refractivity contribution in [2.45, 2.75) is 13.3 Å². The van der Waals surface area contributed by atoms with Crippen LogP contribution < -0.4 is 0 Å². The third kappa shape index (κ3) is 2.20. The summed E-state index contributed by atoms with van der Waals surface area (Å²) in [7, 11) is 0. The van der Waals surface area contributed by atoms with Gasteiger partial charge in [0.05, 0.1) is 17.4 Å². The number of nitro benzene ring substituents is 1.